The molecular formula is C16H25NO. The van der Waals surface area contributed by atoms with Gasteiger partial charge in [-0.1, -0.05) is 31.5 Å². The third-order valence-corrected chi connectivity index (χ3v) is 4.24. The molecule has 2 unspecified atom stereocenters. The summed E-state index contributed by atoms with van der Waals surface area (Å²) in [7, 11) is 1.77. The van der Waals surface area contributed by atoms with E-state index < -0.39 is 0 Å². The van der Waals surface area contributed by atoms with Gasteiger partial charge in [-0.2, -0.15) is 0 Å². The molecule has 1 aromatic rings. The molecule has 0 heterocycles. The van der Waals surface area contributed by atoms with Crippen LogP contribution in [0.25, 0.3) is 0 Å². The summed E-state index contributed by atoms with van der Waals surface area (Å²) in [5.74, 6) is 1.04. The molecule has 1 aliphatic carbocycles. The predicted molar refractivity (Wildman–Crippen MR) is 76.4 cm³/mol. The monoisotopic (exact) mass is 247 g/mol. The molecule has 100 valence electrons. The van der Waals surface area contributed by atoms with E-state index in [-0.39, 0.29) is 5.41 Å². The van der Waals surface area contributed by atoms with Gasteiger partial charge >= 0.3 is 0 Å². The van der Waals surface area contributed by atoms with Crippen LogP contribution >= 0.6 is 0 Å². The Labute approximate surface area is 111 Å². The fourth-order valence-electron chi connectivity index (χ4n) is 3.24. The summed E-state index contributed by atoms with van der Waals surface area (Å²) in [6, 6.07) is 7.19. The zero-order valence-corrected chi connectivity index (χ0v) is 12.0. The summed E-state index contributed by atoms with van der Waals surface area (Å²) in [5, 5.41) is 3.58. The van der Waals surface area contributed by atoms with E-state index in [0.717, 1.165) is 12.3 Å². The van der Waals surface area contributed by atoms with E-state index in [4.69, 9.17) is 4.74 Å². The van der Waals surface area contributed by atoms with Gasteiger partial charge in [0, 0.05) is 11.6 Å². The Hall–Kier alpha value is -1.02. The Morgan fingerprint density at radius 2 is 2.22 bits per heavy atom. The first-order chi connectivity index (χ1) is 8.59. The van der Waals surface area contributed by atoms with E-state index in [1.165, 1.54) is 30.4 Å². The van der Waals surface area contributed by atoms with Crippen LogP contribution in [0.1, 0.15) is 44.2 Å². The van der Waals surface area contributed by atoms with Crippen molar-refractivity contribution in [2.24, 2.45) is 0 Å². The maximum absolute atomic E-state index is 5.55. The van der Waals surface area contributed by atoms with Crippen LogP contribution in [-0.4, -0.2) is 19.7 Å². The quantitative estimate of drug-likeness (QED) is 0.880. The van der Waals surface area contributed by atoms with Gasteiger partial charge < -0.3 is 10.1 Å². The SMILES string of the molecule is CCNC1CCC(C)(c2cc(C)ccc2OC)C1. The van der Waals surface area contributed by atoms with Crippen LogP contribution in [0.4, 0.5) is 0 Å². The highest BCUT2D eigenvalue weighted by atomic mass is 16.5. The standard InChI is InChI=1S/C16H25NO/c1-5-17-13-8-9-16(3,11-13)14-10-12(2)6-7-15(14)18-4/h6-7,10,13,17H,5,8-9,11H2,1-4H3. The normalized spacial score (nSPS) is 27.4. The van der Waals surface area contributed by atoms with Crippen molar-refractivity contribution in [1.29, 1.82) is 0 Å². The van der Waals surface area contributed by atoms with Gasteiger partial charge in [0.15, 0.2) is 0 Å². The Kier molecular flexibility index (Phi) is 3.96. The third kappa shape index (κ3) is 2.54. The Morgan fingerprint density at radius 3 is 2.89 bits per heavy atom. The first kappa shape index (κ1) is 13.4. The van der Waals surface area contributed by atoms with Gasteiger partial charge in [0.25, 0.3) is 0 Å². The molecule has 1 saturated carbocycles. The van der Waals surface area contributed by atoms with Crippen LogP contribution in [0, 0.1) is 6.92 Å². The highest BCUT2D eigenvalue weighted by molar-refractivity contribution is 5.42. The molecule has 1 aromatic carbocycles. The molecule has 0 saturated heterocycles. The average Bonchev–Trinajstić information content (AvgIpc) is 2.73. The van der Waals surface area contributed by atoms with Gasteiger partial charge in [0.2, 0.25) is 0 Å². The zero-order valence-electron chi connectivity index (χ0n) is 12.0. The second kappa shape index (κ2) is 5.31. The molecule has 0 aromatic heterocycles. The number of nitrogens with one attached hydrogen (secondary N) is 1. The molecule has 0 radical (unpaired) electrons. The van der Waals surface area contributed by atoms with Gasteiger partial charge in [-0.15, -0.1) is 0 Å². The van der Waals surface area contributed by atoms with Crippen molar-refractivity contribution < 1.29 is 4.74 Å². The molecule has 0 spiro atoms. The Morgan fingerprint density at radius 1 is 1.44 bits per heavy atom. The highest BCUT2D eigenvalue weighted by Crippen LogP contribution is 2.44. The van der Waals surface area contributed by atoms with E-state index in [1.54, 1.807) is 7.11 Å². The van der Waals surface area contributed by atoms with Crippen LogP contribution in [0.15, 0.2) is 18.2 Å². The molecule has 1 aliphatic rings. The summed E-state index contributed by atoms with van der Waals surface area (Å²) >= 11 is 0. The zero-order chi connectivity index (χ0) is 13.2. The lowest BCUT2D eigenvalue weighted by Crippen LogP contribution is -2.28. The molecule has 2 atom stereocenters. The van der Waals surface area contributed by atoms with E-state index in [9.17, 15) is 0 Å². The molecule has 2 nitrogen and oxygen atoms in total. The van der Waals surface area contributed by atoms with Crippen molar-refractivity contribution in [3.8, 4) is 5.75 Å². The van der Waals surface area contributed by atoms with Gasteiger partial charge in [-0.05, 0) is 44.2 Å². The first-order valence-electron chi connectivity index (χ1n) is 6.97. The molecule has 1 fully saturated rings. The number of benzene rings is 1. The predicted octanol–water partition coefficient (Wildman–Crippen LogP) is 3.42. The van der Waals surface area contributed by atoms with E-state index in [1.807, 2.05) is 0 Å². The van der Waals surface area contributed by atoms with E-state index in [2.05, 4.69) is 44.3 Å². The van der Waals surface area contributed by atoms with Crippen molar-refractivity contribution in [2.45, 2.75) is 51.5 Å². The molecule has 0 amide bonds. The van der Waals surface area contributed by atoms with Gasteiger partial charge in [-0.3, -0.25) is 0 Å². The smallest absolute Gasteiger partial charge is 0.122 e. The van der Waals surface area contributed by atoms with Crippen molar-refractivity contribution in [2.75, 3.05) is 13.7 Å². The highest BCUT2D eigenvalue weighted by Gasteiger charge is 2.37. The number of methoxy groups -OCH3 is 1. The molecule has 2 rings (SSSR count). The van der Waals surface area contributed by atoms with Crippen LogP contribution in [0.3, 0.4) is 0 Å². The second-order valence-electron chi connectivity index (χ2n) is 5.76. The van der Waals surface area contributed by atoms with Crippen LogP contribution in [-0.2, 0) is 5.41 Å². The molecule has 2 heteroatoms. The summed E-state index contributed by atoms with van der Waals surface area (Å²) < 4.78 is 5.55. The minimum Gasteiger partial charge on any atom is -0.496 e. The summed E-state index contributed by atoms with van der Waals surface area (Å²) in [6.45, 7) is 7.78. The fourth-order valence-corrected chi connectivity index (χ4v) is 3.24. The molecular weight excluding hydrogens is 222 g/mol. The minimum atomic E-state index is 0.254. The number of hydrogen-bond acceptors (Lipinski definition) is 2. The first-order valence-corrected chi connectivity index (χ1v) is 6.97. The molecule has 18 heavy (non-hydrogen) atoms. The van der Waals surface area contributed by atoms with E-state index in [0.29, 0.717) is 6.04 Å². The number of hydrogen-bond donors (Lipinski definition) is 1. The Bertz CT molecular complexity index is 416. The minimum absolute atomic E-state index is 0.254. The lowest BCUT2D eigenvalue weighted by Gasteiger charge is -2.27. The fraction of sp³-hybridized carbons (Fsp3) is 0.625. The van der Waals surface area contributed by atoms with Gasteiger partial charge in [0.05, 0.1) is 7.11 Å². The lowest BCUT2D eigenvalue weighted by atomic mass is 9.79. The van der Waals surface area contributed by atoms with Crippen molar-refractivity contribution in [3.05, 3.63) is 29.3 Å². The Balaban J connectivity index is 2.28. The van der Waals surface area contributed by atoms with Gasteiger partial charge in [0.1, 0.15) is 5.75 Å². The largest absolute Gasteiger partial charge is 0.496 e. The second-order valence-corrected chi connectivity index (χ2v) is 5.76. The average molecular weight is 247 g/mol. The molecule has 0 bridgehead atoms. The van der Waals surface area contributed by atoms with Gasteiger partial charge in [-0.25, -0.2) is 0 Å². The number of ether oxygens (including phenoxy) is 1. The maximum Gasteiger partial charge on any atom is 0.122 e. The molecule has 0 aliphatic heterocycles. The topological polar surface area (TPSA) is 21.3 Å². The van der Waals surface area contributed by atoms with Crippen molar-refractivity contribution in [3.63, 3.8) is 0 Å². The maximum atomic E-state index is 5.55. The van der Waals surface area contributed by atoms with E-state index >= 15 is 0 Å². The number of aryl methyl sites for hydroxylation is 1. The third-order valence-electron chi connectivity index (χ3n) is 4.24. The van der Waals surface area contributed by atoms with Crippen molar-refractivity contribution >= 4 is 0 Å². The van der Waals surface area contributed by atoms with Crippen LogP contribution in [0.5, 0.6) is 5.75 Å². The summed E-state index contributed by atoms with van der Waals surface area (Å²) in [4.78, 5) is 0. The van der Waals surface area contributed by atoms with Crippen LogP contribution in [0.2, 0.25) is 0 Å². The molecule has 1 N–H and O–H groups in total. The van der Waals surface area contributed by atoms with Crippen LogP contribution < -0.4 is 10.1 Å². The van der Waals surface area contributed by atoms with Crippen molar-refractivity contribution in [1.82, 2.24) is 5.32 Å². The summed E-state index contributed by atoms with van der Waals surface area (Å²) in [6.07, 6.45) is 3.71. The summed E-state index contributed by atoms with van der Waals surface area (Å²) in [5.41, 5.74) is 2.95. The number of rotatable bonds is 4. The lowest BCUT2D eigenvalue weighted by molar-refractivity contribution is 0.382.